The zero-order valence-corrected chi connectivity index (χ0v) is 11.0. The van der Waals surface area contributed by atoms with Crippen molar-refractivity contribution in [2.75, 3.05) is 19.7 Å². The van der Waals surface area contributed by atoms with Gasteiger partial charge < -0.3 is 15.8 Å². The van der Waals surface area contributed by atoms with Crippen molar-refractivity contribution in [1.29, 1.82) is 0 Å². The van der Waals surface area contributed by atoms with E-state index >= 15 is 0 Å². The second-order valence-corrected chi connectivity index (χ2v) is 5.41. The molecule has 1 fully saturated rings. The lowest BCUT2D eigenvalue weighted by atomic mass is 9.99. The Morgan fingerprint density at radius 2 is 2.19 bits per heavy atom. The molecule has 0 aliphatic carbocycles. The van der Waals surface area contributed by atoms with E-state index in [4.69, 9.17) is 10.5 Å². The van der Waals surface area contributed by atoms with Crippen molar-refractivity contribution < 1.29 is 4.74 Å². The predicted molar refractivity (Wildman–Crippen MR) is 68.4 cm³/mol. The molecule has 1 saturated heterocycles. The average Bonchev–Trinajstić information content (AvgIpc) is 2.64. The Morgan fingerprint density at radius 1 is 1.44 bits per heavy atom. The molecule has 0 bridgehead atoms. The second-order valence-electron chi connectivity index (χ2n) is 5.41. The molecule has 3 N–H and O–H groups in total. The molecule has 0 saturated carbocycles. The van der Waals surface area contributed by atoms with E-state index < -0.39 is 0 Å². The first-order valence-electron chi connectivity index (χ1n) is 6.71. The van der Waals surface area contributed by atoms with Crippen LogP contribution in [0.4, 0.5) is 0 Å². The van der Waals surface area contributed by atoms with Gasteiger partial charge in [0.2, 0.25) is 0 Å². The van der Waals surface area contributed by atoms with Crippen molar-refractivity contribution >= 4 is 0 Å². The summed E-state index contributed by atoms with van der Waals surface area (Å²) in [6.45, 7) is 9.57. The van der Waals surface area contributed by atoms with Gasteiger partial charge in [-0.3, -0.25) is 0 Å². The van der Waals surface area contributed by atoms with E-state index in [1.54, 1.807) is 0 Å². The van der Waals surface area contributed by atoms with Crippen molar-refractivity contribution in [3.05, 3.63) is 0 Å². The highest BCUT2D eigenvalue weighted by Crippen LogP contribution is 2.22. The highest BCUT2D eigenvalue weighted by atomic mass is 16.5. The molecule has 0 spiro atoms. The van der Waals surface area contributed by atoms with Gasteiger partial charge in [-0.05, 0) is 31.1 Å². The Kier molecular flexibility index (Phi) is 6.32. The smallest absolute Gasteiger partial charge is 0.0613 e. The van der Waals surface area contributed by atoms with Crippen LogP contribution in [-0.2, 0) is 4.74 Å². The van der Waals surface area contributed by atoms with Gasteiger partial charge in [-0.25, -0.2) is 0 Å². The molecule has 3 atom stereocenters. The van der Waals surface area contributed by atoms with E-state index in [-0.39, 0.29) is 0 Å². The van der Waals surface area contributed by atoms with Crippen LogP contribution in [0.15, 0.2) is 0 Å². The van der Waals surface area contributed by atoms with E-state index in [9.17, 15) is 0 Å². The quantitative estimate of drug-likeness (QED) is 0.698. The topological polar surface area (TPSA) is 47.3 Å². The van der Waals surface area contributed by atoms with E-state index in [2.05, 4.69) is 26.1 Å². The Balaban J connectivity index is 2.10. The van der Waals surface area contributed by atoms with Crippen LogP contribution in [0.3, 0.4) is 0 Å². The predicted octanol–water partition coefficient (Wildman–Crippen LogP) is 1.76. The summed E-state index contributed by atoms with van der Waals surface area (Å²) in [4.78, 5) is 0. The standard InChI is InChI=1S/C13H28N2O/c1-4-13-11(5-6-16-13)8-15-9-12(14)7-10(2)3/h10-13,15H,4-9,14H2,1-3H3. The number of nitrogens with one attached hydrogen (secondary N) is 1. The molecule has 96 valence electrons. The first-order chi connectivity index (χ1) is 7.63. The largest absolute Gasteiger partial charge is 0.378 e. The first kappa shape index (κ1) is 13.9. The van der Waals surface area contributed by atoms with Gasteiger partial charge >= 0.3 is 0 Å². The zero-order valence-electron chi connectivity index (χ0n) is 11.0. The van der Waals surface area contributed by atoms with Crippen molar-refractivity contribution in [2.24, 2.45) is 17.6 Å². The van der Waals surface area contributed by atoms with Crippen LogP contribution in [-0.4, -0.2) is 31.8 Å². The molecule has 3 heteroatoms. The highest BCUT2D eigenvalue weighted by Gasteiger charge is 2.26. The van der Waals surface area contributed by atoms with Crippen molar-refractivity contribution in [3.63, 3.8) is 0 Å². The maximum Gasteiger partial charge on any atom is 0.0613 e. The van der Waals surface area contributed by atoms with Crippen LogP contribution < -0.4 is 11.1 Å². The molecule has 0 aromatic heterocycles. The SMILES string of the molecule is CCC1OCCC1CNCC(N)CC(C)C. The molecule has 0 amide bonds. The molecule has 1 aliphatic heterocycles. The van der Waals surface area contributed by atoms with Gasteiger partial charge in [-0.1, -0.05) is 20.8 Å². The van der Waals surface area contributed by atoms with E-state index in [1.807, 2.05) is 0 Å². The summed E-state index contributed by atoms with van der Waals surface area (Å²) in [6.07, 6.45) is 3.90. The van der Waals surface area contributed by atoms with Crippen LogP contribution in [0.25, 0.3) is 0 Å². The summed E-state index contributed by atoms with van der Waals surface area (Å²) in [6, 6.07) is 0.294. The Bertz CT molecular complexity index is 185. The summed E-state index contributed by atoms with van der Waals surface area (Å²) in [5.74, 6) is 1.38. The summed E-state index contributed by atoms with van der Waals surface area (Å²) in [5, 5.41) is 3.49. The first-order valence-corrected chi connectivity index (χ1v) is 6.71. The van der Waals surface area contributed by atoms with Crippen LogP contribution in [0.2, 0.25) is 0 Å². The summed E-state index contributed by atoms with van der Waals surface area (Å²) in [7, 11) is 0. The van der Waals surface area contributed by atoms with Crippen molar-refractivity contribution in [3.8, 4) is 0 Å². The lowest BCUT2D eigenvalue weighted by molar-refractivity contribution is 0.0872. The van der Waals surface area contributed by atoms with Gasteiger partial charge in [0.25, 0.3) is 0 Å². The molecular formula is C13H28N2O. The molecule has 16 heavy (non-hydrogen) atoms. The van der Waals surface area contributed by atoms with Crippen molar-refractivity contribution in [1.82, 2.24) is 5.32 Å². The third kappa shape index (κ3) is 4.81. The molecule has 0 radical (unpaired) electrons. The van der Waals surface area contributed by atoms with Gasteiger partial charge in [-0.2, -0.15) is 0 Å². The minimum atomic E-state index is 0.294. The van der Waals surface area contributed by atoms with Gasteiger partial charge in [0.1, 0.15) is 0 Å². The monoisotopic (exact) mass is 228 g/mol. The maximum absolute atomic E-state index is 6.03. The summed E-state index contributed by atoms with van der Waals surface area (Å²) >= 11 is 0. The molecule has 0 aromatic rings. The Morgan fingerprint density at radius 3 is 2.81 bits per heavy atom. The van der Waals surface area contributed by atoms with Crippen LogP contribution in [0, 0.1) is 11.8 Å². The molecule has 1 heterocycles. The van der Waals surface area contributed by atoms with Crippen LogP contribution in [0.5, 0.6) is 0 Å². The highest BCUT2D eigenvalue weighted by molar-refractivity contribution is 4.78. The second kappa shape index (κ2) is 7.25. The fourth-order valence-electron chi connectivity index (χ4n) is 2.52. The summed E-state index contributed by atoms with van der Waals surface area (Å²) < 4.78 is 5.67. The van der Waals surface area contributed by atoms with Gasteiger partial charge in [0.15, 0.2) is 0 Å². The third-order valence-corrected chi connectivity index (χ3v) is 3.34. The molecule has 1 aliphatic rings. The number of hydrogen-bond donors (Lipinski definition) is 2. The average molecular weight is 228 g/mol. The van der Waals surface area contributed by atoms with Gasteiger partial charge in [0, 0.05) is 25.7 Å². The number of nitrogens with two attached hydrogens (primary N) is 1. The van der Waals surface area contributed by atoms with E-state index in [1.165, 1.54) is 6.42 Å². The minimum Gasteiger partial charge on any atom is -0.378 e. The Labute approximate surface area is 100 Å². The Hall–Kier alpha value is -0.120. The van der Waals surface area contributed by atoms with E-state index in [0.29, 0.717) is 24.0 Å². The number of ether oxygens (including phenoxy) is 1. The summed E-state index contributed by atoms with van der Waals surface area (Å²) in [5.41, 5.74) is 6.03. The fourth-order valence-corrected chi connectivity index (χ4v) is 2.52. The lowest BCUT2D eigenvalue weighted by Gasteiger charge is -2.19. The molecule has 0 aromatic carbocycles. The zero-order chi connectivity index (χ0) is 12.0. The van der Waals surface area contributed by atoms with Crippen LogP contribution >= 0.6 is 0 Å². The molecule has 1 rings (SSSR count). The van der Waals surface area contributed by atoms with Gasteiger partial charge in [0.05, 0.1) is 6.10 Å². The third-order valence-electron chi connectivity index (χ3n) is 3.34. The molecular weight excluding hydrogens is 200 g/mol. The molecule has 3 nitrogen and oxygen atoms in total. The number of hydrogen-bond acceptors (Lipinski definition) is 3. The molecule has 3 unspecified atom stereocenters. The lowest BCUT2D eigenvalue weighted by Crippen LogP contribution is -2.38. The normalized spacial score (nSPS) is 27.6. The fraction of sp³-hybridized carbons (Fsp3) is 1.00. The van der Waals surface area contributed by atoms with Crippen molar-refractivity contribution in [2.45, 2.75) is 52.2 Å². The van der Waals surface area contributed by atoms with E-state index in [0.717, 1.165) is 32.5 Å². The van der Waals surface area contributed by atoms with Crippen LogP contribution in [0.1, 0.15) is 40.0 Å². The maximum atomic E-state index is 6.03. The van der Waals surface area contributed by atoms with Gasteiger partial charge in [-0.15, -0.1) is 0 Å². The number of rotatable bonds is 7. The minimum absolute atomic E-state index is 0.294.